The number of carbonyl (C=O) groups is 1. The van der Waals surface area contributed by atoms with Gasteiger partial charge in [0.15, 0.2) is 0 Å². The van der Waals surface area contributed by atoms with Gasteiger partial charge in [-0.1, -0.05) is 18.2 Å². The van der Waals surface area contributed by atoms with Crippen LogP contribution < -0.4 is 5.32 Å². The van der Waals surface area contributed by atoms with E-state index in [1.165, 1.54) is 11.3 Å². The molecule has 1 amide bonds. The van der Waals surface area contributed by atoms with Gasteiger partial charge in [0.05, 0.1) is 14.5 Å². The van der Waals surface area contributed by atoms with Crippen molar-refractivity contribution >= 4 is 37.2 Å². The van der Waals surface area contributed by atoms with Gasteiger partial charge in [-0.05, 0) is 50.0 Å². The molecule has 0 spiro atoms. The van der Waals surface area contributed by atoms with Crippen molar-refractivity contribution in [1.29, 1.82) is 0 Å². The number of pyridine rings is 1. The smallest absolute Gasteiger partial charge is 0.270 e. The fraction of sp³-hybridized carbons (Fsp3) is 0.333. The molecular weight excluding hydrogens is 406 g/mol. The normalized spacial score (nSPS) is 23.9. The number of aromatic nitrogens is 1. The summed E-state index contributed by atoms with van der Waals surface area (Å²) in [7, 11) is -3.65. The second-order valence-corrected chi connectivity index (χ2v) is 10.5. The van der Waals surface area contributed by atoms with E-state index in [9.17, 15) is 13.2 Å². The molecule has 150 valence electrons. The van der Waals surface area contributed by atoms with Crippen LogP contribution in [0.5, 0.6) is 0 Å². The lowest BCUT2D eigenvalue weighted by atomic mass is 9.84. The molecule has 2 bridgehead atoms. The molecule has 2 aromatic heterocycles. The van der Waals surface area contributed by atoms with Gasteiger partial charge in [-0.15, -0.1) is 11.3 Å². The number of hydrogen-bond donors (Lipinski definition) is 1. The van der Waals surface area contributed by atoms with Crippen LogP contribution in [0.25, 0.3) is 10.1 Å². The van der Waals surface area contributed by atoms with Crippen molar-refractivity contribution in [3.8, 4) is 0 Å². The summed E-state index contributed by atoms with van der Waals surface area (Å²) in [4.78, 5) is 20.0. The quantitative estimate of drug-likeness (QED) is 0.693. The Hall–Kier alpha value is -2.29. The SMILES string of the molecule is O=C(NC1CN2CCC1CC2)c1cc2c(S(=O)(=O)c3ccccc3)csc2cn1. The molecule has 0 saturated carbocycles. The number of nitrogens with one attached hydrogen (secondary N) is 1. The van der Waals surface area contributed by atoms with E-state index >= 15 is 0 Å². The number of sulfone groups is 1. The lowest BCUT2D eigenvalue weighted by Gasteiger charge is -2.44. The standard InChI is InChI=1S/C21H21N3O3S2/c25-21(23-18-12-24-8-6-14(18)7-9-24)17-10-16-19(11-22-17)28-13-20(16)29(26,27)15-4-2-1-3-5-15/h1-5,10-11,13-14,18H,6-9,12H2,(H,23,25). The summed E-state index contributed by atoms with van der Waals surface area (Å²) in [6, 6.07) is 10.1. The van der Waals surface area contributed by atoms with E-state index in [4.69, 9.17) is 0 Å². The van der Waals surface area contributed by atoms with Crippen LogP contribution in [0, 0.1) is 5.92 Å². The highest BCUT2D eigenvalue weighted by molar-refractivity contribution is 7.92. The zero-order valence-corrected chi connectivity index (χ0v) is 17.4. The molecule has 0 aliphatic carbocycles. The molecule has 0 radical (unpaired) electrons. The first-order chi connectivity index (χ1) is 14.0. The molecule has 29 heavy (non-hydrogen) atoms. The third-order valence-corrected chi connectivity index (χ3v) is 8.87. The van der Waals surface area contributed by atoms with Gasteiger partial charge in [0, 0.05) is 29.5 Å². The largest absolute Gasteiger partial charge is 0.346 e. The van der Waals surface area contributed by atoms with Crippen molar-refractivity contribution in [3.05, 3.63) is 53.7 Å². The molecule has 8 heteroatoms. The summed E-state index contributed by atoms with van der Waals surface area (Å²) in [5, 5.41) is 5.30. The number of fused-ring (bicyclic) bond motifs is 4. The summed E-state index contributed by atoms with van der Waals surface area (Å²) < 4.78 is 26.9. The highest BCUT2D eigenvalue weighted by Crippen LogP contribution is 2.33. The van der Waals surface area contributed by atoms with E-state index < -0.39 is 9.84 Å². The fourth-order valence-corrected chi connectivity index (χ4v) is 7.05. The number of carbonyl (C=O) groups excluding carboxylic acids is 1. The van der Waals surface area contributed by atoms with E-state index in [0.717, 1.165) is 37.2 Å². The Balaban J connectivity index is 1.46. The Bertz CT molecular complexity index is 1170. The van der Waals surface area contributed by atoms with Crippen molar-refractivity contribution in [2.75, 3.05) is 19.6 Å². The Morgan fingerprint density at radius 3 is 2.62 bits per heavy atom. The first kappa shape index (κ1) is 18.7. The Kier molecular flexibility index (Phi) is 4.64. The van der Waals surface area contributed by atoms with Crippen LogP contribution in [-0.2, 0) is 9.84 Å². The maximum absolute atomic E-state index is 13.1. The number of amides is 1. The maximum Gasteiger partial charge on any atom is 0.270 e. The average molecular weight is 428 g/mol. The van der Waals surface area contributed by atoms with Gasteiger partial charge in [0.25, 0.3) is 5.91 Å². The molecule has 3 aromatic rings. The lowest BCUT2D eigenvalue weighted by Crippen LogP contribution is -2.57. The molecule has 5 heterocycles. The van der Waals surface area contributed by atoms with Gasteiger partial charge in [-0.2, -0.15) is 0 Å². The van der Waals surface area contributed by atoms with E-state index in [1.807, 2.05) is 0 Å². The van der Waals surface area contributed by atoms with Crippen LogP contribution in [0.1, 0.15) is 23.3 Å². The molecule has 6 nitrogen and oxygen atoms in total. The minimum atomic E-state index is -3.65. The van der Waals surface area contributed by atoms with Gasteiger partial charge in [0.2, 0.25) is 9.84 Å². The summed E-state index contributed by atoms with van der Waals surface area (Å²) in [5.74, 6) is 0.280. The molecule has 1 N–H and O–H groups in total. The van der Waals surface area contributed by atoms with Crippen LogP contribution in [-0.4, -0.2) is 49.9 Å². The Morgan fingerprint density at radius 2 is 1.93 bits per heavy atom. The summed E-state index contributed by atoms with van der Waals surface area (Å²) >= 11 is 1.32. The summed E-state index contributed by atoms with van der Waals surface area (Å²) in [6.45, 7) is 3.10. The van der Waals surface area contributed by atoms with Crippen molar-refractivity contribution in [2.24, 2.45) is 5.92 Å². The second kappa shape index (κ2) is 7.19. The maximum atomic E-state index is 13.1. The van der Waals surface area contributed by atoms with Gasteiger partial charge in [-0.3, -0.25) is 4.79 Å². The van der Waals surface area contributed by atoms with Gasteiger partial charge < -0.3 is 10.2 Å². The molecular formula is C21H21N3O3S2. The van der Waals surface area contributed by atoms with Crippen molar-refractivity contribution in [3.63, 3.8) is 0 Å². The topological polar surface area (TPSA) is 79.4 Å². The summed E-state index contributed by atoms with van der Waals surface area (Å²) in [5.41, 5.74) is 0.261. The van der Waals surface area contributed by atoms with Crippen LogP contribution in [0.15, 0.2) is 57.8 Å². The number of thiophene rings is 1. The van der Waals surface area contributed by atoms with Gasteiger partial charge in [-0.25, -0.2) is 13.4 Å². The second-order valence-electron chi connectivity index (χ2n) is 7.70. The highest BCUT2D eigenvalue weighted by Gasteiger charge is 2.35. The molecule has 3 saturated heterocycles. The van der Waals surface area contributed by atoms with Crippen LogP contribution >= 0.6 is 11.3 Å². The third kappa shape index (κ3) is 3.35. The Morgan fingerprint density at radius 1 is 1.17 bits per heavy atom. The van der Waals surface area contributed by atoms with E-state index in [1.54, 1.807) is 48.0 Å². The molecule has 6 rings (SSSR count). The molecule has 1 unspecified atom stereocenters. The number of nitrogens with zero attached hydrogens (tertiary/aromatic N) is 2. The number of hydrogen-bond acceptors (Lipinski definition) is 6. The number of rotatable bonds is 4. The minimum absolute atomic E-state index is 0.137. The van der Waals surface area contributed by atoms with Crippen LogP contribution in [0.2, 0.25) is 0 Å². The van der Waals surface area contributed by atoms with Gasteiger partial charge >= 0.3 is 0 Å². The zero-order valence-electron chi connectivity index (χ0n) is 15.7. The van der Waals surface area contributed by atoms with Crippen molar-refractivity contribution in [1.82, 2.24) is 15.2 Å². The minimum Gasteiger partial charge on any atom is -0.346 e. The molecule has 1 atom stereocenters. The first-order valence-corrected chi connectivity index (χ1v) is 12.1. The van der Waals surface area contributed by atoms with E-state index in [2.05, 4.69) is 15.2 Å². The average Bonchev–Trinajstić information content (AvgIpc) is 3.19. The van der Waals surface area contributed by atoms with Crippen molar-refractivity contribution < 1.29 is 13.2 Å². The summed E-state index contributed by atoms with van der Waals surface area (Å²) in [6.07, 6.45) is 3.82. The third-order valence-electron chi connectivity index (χ3n) is 5.97. The fourth-order valence-electron chi connectivity index (χ4n) is 4.34. The monoisotopic (exact) mass is 427 g/mol. The number of piperidine rings is 3. The van der Waals surface area contributed by atoms with E-state index in [0.29, 0.717) is 11.3 Å². The predicted molar refractivity (Wildman–Crippen MR) is 112 cm³/mol. The van der Waals surface area contributed by atoms with Crippen molar-refractivity contribution in [2.45, 2.75) is 28.7 Å². The van der Waals surface area contributed by atoms with Crippen LogP contribution in [0.3, 0.4) is 0 Å². The molecule has 1 aromatic carbocycles. The zero-order chi connectivity index (χ0) is 20.0. The van der Waals surface area contributed by atoms with Gasteiger partial charge in [0.1, 0.15) is 5.69 Å². The van der Waals surface area contributed by atoms with Crippen LogP contribution in [0.4, 0.5) is 0 Å². The first-order valence-electron chi connectivity index (χ1n) is 9.73. The van der Waals surface area contributed by atoms with E-state index in [-0.39, 0.29) is 27.4 Å². The predicted octanol–water partition coefficient (Wildman–Crippen LogP) is 2.95. The molecule has 3 aliphatic heterocycles. The molecule has 3 fully saturated rings. The highest BCUT2D eigenvalue weighted by atomic mass is 32.2. The number of benzene rings is 1. The lowest BCUT2D eigenvalue weighted by molar-refractivity contribution is 0.0618. The molecule has 3 aliphatic rings. The Labute approximate surface area is 173 Å².